The summed E-state index contributed by atoms with van der Waals surface area (Å²) in [5.41, 5.74) is 0. The third-order valence-electron chi connectivity index (χ3n) is 4.07. The lowest BCUT2D eigenvalue weighted by Gasteiger charge is -2.25. The first kappa shape index (κ1) is 17.1. The average molecular weight is 356 g/mol. The number of rotatable bonds is 6. The van der Waals surface area contributed by atoms with Crippen molar-refractivity contribution < 1.29 is 21.6 Å². The molecule has 3 rings (SSSR count). The van der Waals surface area contributed by atoms with Crippen LogP contribution in [0.4, 0.5) is 8.78 Å². The Hall–Kier alpha value is -1.77. The molecule has 1 N–H and O–H groups in total. The van der Waals surface area contributed by atoms with E-state index in [4.69, 9.17) is 4.42 Å². The zero-order valence-electron chi connectivity index (χ0n) is 12.9. The fraction of sp³-hybridized carbons (Fsp3) is 0.375. The molecule has 24 heavy (non-hydrogen) atoms. The van der Waals surface area contributed by atoms with Gasteiger partial charge in [-0.25, -0.2) is 21.9 Å². The summed E-state index contributed by atoms with van der Waals surface area (Å²) in [6.07, 6.45) is 3.62. The molecule has 2 aromatic rings. The van der Waals surface area contributed by atoms with E-state index in [0.717, 1.165) is 38.1 Å². The van der Waals surface area contributed by atoms with E-state index in [1.165, 1.54) is 6.26 Å². The van der Waals surface area contributed by atoms with E-state index in [9.17, 15) is 17.2 Å². The Labute approximate surface area is 139 Å². The molecule has 0 saturated carbocycles. The molecule has 1 aromatic heterocycles. The van der Waals surface area contributed by atoms with E-state index in [1.807, 2.05) is 0 Å². The van der Waals surface area contributed by atoms with Crippen LogP contribution < -0.4 is 4.72 Å². The molecule has 130 valence electrons. The highest BCUT2D eigenvalue weighted by Gasteiger charge is 2.27. The standard InChI is InChI=1S/C16H18F2N2O3S/c17-12-8-13(18)10-14(9-12)24(21,22)19-11-15(16-4-3-7-23-16)20-5-1-2-6-20/h3-4,7-10,15,19H,1-2,5-6,11H2. The monoisotopic (exact) mass is 356 g/mol. The van der Waals surface area contributed by atoms with Crippen molar-refractivity contribution in [3.8, 4) is 0 Å². The summed E-state index contributed by atoms with van der Waals surface area (Å²) in [5.74, 6) is -1.21. The van der Waals surface area contributed by atoms with E-state index in [2.05, 4.69) is 9.62 Å². The van der Waals surface area contributed by atoms with Gasteiger partial charge >= 0.3 is 0 Å². The maximum Gasteiger partial charge on any atom is 0.240 e. The topological polar surface area (TPSA) is 62.6 Å². The van der Waals surface area contributed by atoms with Crippen molar-refractivity contribution in [2.45, 2.75) is 23.8 Å². The van der Waals surface area contributed by atoms with Crippen molar-refractivity contribution in [2.75, 3.05) is 19.6 Å². The lowest BCUT2D eigenvalue weighted by molar-refractivity contribution is 0.216. The number of sulfonamides is 1. The number of hydrogen-bond donors (Lipinski definition) is 1. The Morgan fingerprint density at radius 2 is 1.83 bits per heavy atom. The third kappa shape index (κ3) is 3.82. The maximum atomic E-state index is 13.3. The van der Waals surface area contributed by atoms with Crippen molar-refractivity contribution in [3.63, 3.8) is 0 Å². The Balaban J connectivity index is 1.78. The highest BCUT2D eigenvalue weighted by atomic mass is 32.2. The van der Waals surface area contributed by atoms with Crippen molar-refractivity contribution in [1.29, 1.82) is 0 Å². The quantitative estimate of drug-likeness (QED) is 0.864. The molecular weight excluding hydrogens is 338 g/mol. The molecule has 0 radical (unpaired) electrons. The lowest BCUT2D eigenvalue weighted by atomic mass is 10.2. The molecule has 8 heteroatoms. The Kier molecular flexibility index (Phi) is 4.98. The molecule has 0 bridgehead atoms. The van der Waals surface area contributed by atoms with Gasteiger partial charge < -0.3 is 4.42 Å². The van der Waals surface area contributed by atoms with Crippen LogP contribution in [0.3, 0.4) is 0 Å². The fourth-order valence-electron chi connectivity index (χ4n) is 2.90. The van der Waals surface area contributed by atoms with Gasteiger partial charge in [-0.3, -0.25) is 4.90 Å². The fourth-order valence-corrected chi connectivity index (χ4v) is 3.98. The van der Waals surface area contributed by atoms with Gasteiger partial charge in [0.05, 0.1) is 17.2 Å². The second-order valence-electron chi connectivity index (χ2n) is 5.73. The summed E-state index contributed by atoms with van der Waals surface area (Å²) in [7, 11) is -4.02. The SMILES string of the molecule is O=S(=O)(NCC(c1ccco1)N1CCCC1)c1cc(F)cc(F)c1. The molecule has 1 fully saturated rings. The number of benzene rings is 1. The minimum atomic E-state index is -4.02. The molecule has 5 nitrogen and oxygen atoms in total. The van der Waals surface area contributed by atoms with Crippen molar-refractivity contribution >= 4 is 10.0 Å². The summed E-state index contributed by atoms with van der Waals surface area (Å²) in [4.78, 5) is 1.70. The second-order valence-corrected chi connectivity index (χ2v) is 7.50. The van der Waals surface area contributed by atoms with Crippen molar-refractivity contribution in [3.05, 3.63) is 54.0 Å². The summed E-state index contributed by atoms with van der Waals surface area (Å²) in [5, 5.41) is 0. The first-order valence-corrected chi connectivity index (χ1v) is 9.17. The number of hydrogen-bond acceptors (Lipinski definition) is 4. The zero-order chi connectivity index (χ0) is 17.2. The summed E-state index contributed by atoms with van der Waals surface area (Å²) < 4.78 is 59.1. The average Bonchev–Trinajstić information content (AvgIpc) is 3.20. The third-order valence-corrected chi connectivity index (χ3v) is 5.47. The van der Waals surface area contributed by atoms with E-state index in [0.29, 0.717) is 11.8 Å². The van der Waals surface area contributed by atoms with Crippen LogP contribution >= 0.6 is 0 Å². The van der Waals surface area contributed by atoms with Crippen LogP contribution in [-0.4, -0.2) is 33.0 Å². The number of nitrogens with zero attached hydrogens (tertiary/aromatic N) is 1. The predicted octanol–water partition coefficient (Wildman–Crippen LogP) is 2.67. The maximum absolute atomic E-state index is 13.3. The molecule has 1 aromatic carbocycles. The molecule has 1 aliphatic rings. The van der Waals surface area contributed by atoms with Gasteiger partial charge in [-0.1, -0.05) is 0 Å². The number of furan rings is 1. The lowest BCUT2D eigenvalue weighted by Crippen LogP contribution is -2.36. The van der Waals surface area contributed by atoms with Gasteiger partial charge in [0.25, 0.3) is 0 Å². The largest absolute Gasteiger partial charge is 0.468 e. The smallest absolute Gasteiger partial charge is 0.240 e. The van der Waals surface area contributed by atoms with Crippen LogP contribution in [0.15, 0.2) is 45.9 Å². The zero-order valence-corrected chi connectivity index (χ0v) is 13.7. The van der Waals surface area contributed by atoms with E-state index in [1.54, 1.807) is 12.1 Å². The molecule has 1 atom stereocenters. The molecule has 0 amide bonds. The Morgan fingerprint density at radius 3 is 2.42 bits per heavy atom. The van der Waals surface area contributed by atoms with Crippen molar-refractivity contribution in [2.24, 2.45) is 0 Å². The summed E-state index contributed by atoms with van der Waals surface area (Å²) in [6, 6.07) is 5.51. The first-order valence-electron chi connectivity index (χ1n) is 7.69. The minimum absolute atomic E-state index is 0.0635. The molecular formula is C16H18F2N2O3S. The highest BCUT2D eigenvalue weighted by molar-refractivity contribution is 7.89. The van der Waals surface area contributed by atoms with E-state index >= 15 is 0 Å². The van der Waals surface area contributed by atoms with Gasteiger partial charge in [0.2, 0.25) is 10.0 Å². The Bertz CT molecular complexity index is 767. The van der Waals surface area contributed by atoms with Crippen LogP contribution in [0.1, 0.15) is 24.6 Å². The van der Waals surface area contributed by atoms with Crippen LogP contribution in [0, 0.1) is 11.6 Å². The number of likely N-dealkylation sites (tertiary alicyclic amines) is 1. The van der Waals surface area contributed by atoms with Crippen LogP contribution in [0.25, 0.3) is 0 Å². The predicted molar refractivity (Wildman–Crippen MR) is 83.8 cm³/mol. The van der Waals surface area contributed by atoms with Gasteiger partial charge in [0.1, 0.15) is 17.4 Å². The van der Waals surface area contributed by atoms with E-state index < -0.39 is 26.6 Å². The van der Waals surface area contributed by atoms with E-state index in [-0.39, 0.29) is 12.6 Å². The molecule has 0 aliphatic carbocycles. The summed E-state index contributed by atoms with van der Waals surface area (Å²) >= 11 is 0. The molecule has 2 heterocycles. The van der Waals surface area contributed by atoms with Gasteiger partial charge in [-0.15, -0.1) is 0 Å². The molecule has 1 aliphatic heterocycles. The van der Waals surface area contributed by atoms with Gasteiger partial charge in [0.15, 0.2) is 0 Å². The normalized spacial score (nSPS) is 17.2. The van der Waals surface area contributed by atoms with Crippen LogP contribution in [0.5, 0.6) is 0 Å². The second kappa shape index (κ2) is 7.00. The van der Waals surface area contributed by atoms with Crippen LogP contribution in [0.2, 0.25) is 0 Å². The highest BCUT2D eigenvalue weighted by Crippen LogP contribution is 2.25. The molecule has 1 saturated heterocycles. The Morgan fingerprint density at radius 1 is 1.17 bits per heavy atom. The van der Waals surface area contributed by atoms with Gasteiger partial charge in [0, 0.05) is 12.6 Å². The first-order chi connectivity index (χ1) is 11.5. The number of halogens is 2. The van der Waals surface area contributed by atoms with Crippen LogP contribution in [-0.2, 0) is 10.0 Å². The van der Waals surface area contributed by atoms with Gasteiger partial charge in [-0.2, -0.15) is 0 Å². The molecule has 0 spiro atoms. The van der Waals surface area contributed by atoms with Crippen molar-refractivity contribution in [1.82, 2.24) is 9.62 Å². The summed E-state index contributed by atoms with van der Waals surface area (Å²) in [6.45, 7) is 1.76. The minimum Gasteiger partial charge on any atom is -0.468 e. The van der Waals surface area contributed by atoms with Gasteiger partial charge in [-0.05, 0) is 50.2 Å². The molecule has 1 unspecified atom stereocenters. The number of nitrogens with one attached hydrogen (secondary N) is 1.